The number of hydrogen-bond donors (Lipinski definition) is 0. The molecule has 2 heteroatoms. The lowest BCUT2D eigenvalue weighted by atomic mass is 9.80. The summed E-state index contributed by atoms with van der Waals surface area (Å²) in [7, 11) is 0. The van der Waals surface area contributed by atoms with E-state index >= 15 is 0 Å². The summed E-state index contributed by atoms with van der Waals surface area (Å²) >= 11 is 0. The van der Waals surface area contributed by atoms with Gasteiger partial charge in [0.05, 0.1) is 17.7 Å². The van der Waals surface area contributed by atoms with Gasteiger partial charge in [-0.05, 0) is 49.3 Å². The summed E-state index contributed by atoms with van der Waals surface area (Å²) in [4.78, 5) is 0. The van der Waals surface area contributed by atoms with Gasteiger partial charge in [0.2, 0.25) is 0 Å². The van der Waals surface area contributed by atoms with Gasteiger partial charge in [0.1, 0.15) is 5.75 Å². The molecule has 1 aromatic carbocycles. The molecule has 1 aliphatic rings. The van der Waals surface area contributed by atoms with Crippen LogP contribution in [0.1, 0.15) is 38.7 Å². The first-order chi connectivity index (χ1) is 8.19. The van der Waals surface area contributed by atoms with Crippen LogP contribution in [0.2, 0.25) is 0 Å². The summed E-state index contributed by atoms with van der Waals surface area (Å²) in [5.74, 6) is 2.36. The second kappa shape index (κ2) is 5.23. The Morgan fingerprint density at radius 2 is 2.06 bits per heavy atom. The molecule has 1 fully saturated rings. The highest BCUT2D eigenvalue weighted by Crippen LogP contribution is 2.31. The Bertz CT molecular complexity index is 421. The van der Waals surface area contributed by atoms with Crippen LogP contribution in [-0.4, -0.2) is 6.10 Å². The van der Waals surface area contributed by atoms with Crippen molar-refractivity contribution in [1.29, 1.82) is 5.26 Å². The first-order valence-electron chi connectivity index (χ1n) is 6.36. The van der Waals surface area contributed by atoms with E-state index in [2.05, 4.69) is 19.9 Å². The highest BCUT2D eigenvalue weighted by Gasteiger charge is 2.25. The molecule has 0 spiro atoms. The van der Waals surface area contributed by atoms with Crippen LogP contribution < -0.4 is 4.74 Å². The van der Waals surface area contributed by atoms with E-state index in [1.165, 1.54) is 6.42 Å². The van der Waals surface area contributed by atoms with Gasteiger partial charge in [-0.25, -0.2) is 0 Å². The highest BCUT2D eigenvalue weighted by atomic mass is 16.5. The zero-order valence-corrected chi connectivity index (χ0v) is 10.5. The maximum absolute atomic E-state index is 8.84. The molecule has 0 amide bonds. The predicted molar refractivity (Wildman–Crippen MR) is 67.8 cm³/mol. The van der Waals surface area contributed by atoms with Gasteiger partial charge in [-0.1, -0.05) is 19.9 Å². The van der Waals surface area contributed by atoms with E-state index in [1.807, 2.05) is 18.2 Å². The Morgan fingerprint density at radius 3 is 2.76 bits per heavy atom. The van der Waals surface area contributed by atoms with E-state index in [4.69, 9.17) is 10.00 Å². The normalized spacial score (nSPS) is 28.4. The van der Waals surface area contributed by atoms with Crippen LogP contribution >= 0.6 is 0 Å². The molecule has 3 atom stereocenters. The molecule has 17 heavy (non-hydrogen) atoms. The standard InChI is InChI=1S/C15H19NO/c1-11-6-7-15(8-12(11)2)17-14-5-3-4-13(9-14)10-16/h3-5,9,11-12,15H,6-8H2,1-2H3. The van der Waals surface area contributed by atoms with Gasteiger partial charge in [0.15, 0.2) is 0 Å². The summed E-state index contributed by atoms with van der Waals surface area (Å²) in [6.45, 7) is 4.61. The Balaban J connectivity index is 1.99. The fourth-order valence-corrected chi connectivity index (χ4v) is 2.44. The lowest BCUT2D eigenvalue weighted by molar-refractivity contribution is 0.101. The molecule has 0 saturated heterocycles. The largest absolute Gasteiger partial charge is 0.490 e. The van der Waals surface area contributed by atoms with Gasteiger partial charge >= 0.3 is 0 Å². The third-order valence-electron chi connectivity index (χ3n) is 3.82. The zero-order valence-electron chi connectivity index (χ0n) is 10.5. The van der Waals surface area contributed by atoms with Crippen LogP contribution in [0.3, 0.4) is 0 Å². The van der Waals surface area contributed by atoms with Crippen molar-refractivity contribution < 1.29 is 4.74 Å². The van der Waals surface area contributed by atoms with Gasteiger partial charge in [-0.3, -0.25) is 0 Å². The smallest absolute Gasteiger partial charge is 0.121 e. The number of nitrogens with zero attached hydrogens (tertiary/aromatic N) is 1. The third kappa shape index (κ3) is 3.00. The van der Waals surface area contributed by atoms with Crippen LogP contribution in [0.4, 0.5) is 0 Å². The van der Waals surface area contributed by atoms with E-state index in [9.17, 15) is 0 Å². The maximum atomic E-state index is 8.84. The molecule has 0 aliphatic heterocycles. The Kier molecular flexibility index (Phi) is 3.68. The van der Waals surface area contributed by atoms with Crippen LogP contribution in [0.25, 0.3) is 0 Å². The molecular formula is C15H19NO. The van der Waals surface area contributed by atoms with Crippen LogP contribution in [-0.2, 0) is 0 Å². The molecule has 2 rings (SSSR count). The van der Waals surface area contributed by atoms with Gasteiger partial charge in [0.25, 0.3) is 0 Å². The van der Waals surface area contributed by atoms with Crippen LogP contribution in [0.15, 0.2) is 24.3 Å². The van der Waals surface area contributed by atoms with Crippen molar-refractivity contribution >= 4 is 0 Å². The van der Waals surface area contributed by atoms with Crippen molar-refractivity contribution in [2.24, 2.45) is 11.8 Å². The molecular weight excluding hydrogens is 210 g/mol. The van der Waals surface area contributed by atoms with Crippen molar-refractivity contribution in [3.05, 3.63) is 29.8 Å². The molecule has 0 bridgehead atoms. The van der Waals surface area contributed by atoms with E-state index in [0.717, 1.165) is 30.4 Å². The van der Waals surface area contributed by atoms with Crippen molar-refractivity contribution in [2.75, 3.05) is 0 Å². The highest BCUT2D eigenvalue weighted by molar-refractivity contribution is 5.36. The number of rotatable bonds is 2. The quantitative estimate of drug-likeness (QED) is 0.773. The van der Waals surface area contributed by atoms with E-state index in [-0.39, 0.29) is 0 Å². The topological polar surface area (TPSA) is 33.0 Å². The minimum atomic E-state index is 0.315. The second-order valence-electron chi connectivity index (χ2n) is 5.15. The number of nitriles is 1. The molecule has 0 N–H and O–H groups in total. The predicted octanol–water partition coefficient (Wildman–Crippen LogP) is 3.76. The fraction of sp³-hybridized carbons (Fsp3) is 0.533. The van der Waals surface area contributed by atoms with Gasteiger partial charge in [-0.2, -0.15) is 5.26 Å². The van der Waals surface area contributed by atoms with Crippen LogP contribution in [0, 0.1) is 23.2 Å². The molecule has 2 nitrogen and oxygen atoms in total. The van der Waals surface area contributed by atoms with Crippen molar-refractivity contribution in [1.82, 2.24) is 0 Å². The van der Waals surface area contributed by atoms with Gasteiger partial charge < -0.3 is 4.74 Å². The minimum Gasteiger partial charge on any atom is -0.490 e. The van der Waals surface area contributed by atoms with Gasteiger partial charge in [-0.15, -0.1) is 0 Å². The summed E-state index contributed by atoms with van der Waals surface area (Å²) in [5.41, 5.74) is 0.666. The average Bonchev–Trinajstić information content (AvgIpc) is 2.34. The lowest BCUT2D eigenvalue weighted by Crippen LogP contribution is -2.28. The summed E-state index contributed by atoms with van der Waals surface area (Å²) in [6.07, 6.45) is 3.81. The molecule has 0 aromatic heterocycles. The summed E-state index contributed by atoms with van der Waals surface area (Å²) in [5, 5.41) is 8.84. The van der Waals surface area contributed by atoms with E-state index in [1.54, 1.807) is 6.07 Å². The molecule has 90 valence electrons. The Labute approximate surface area is 103 Å². The molecule has 1 saturated carbocycles. The zero-order chi connectivity index (χ0) is 12.3. The van der Waals surface area contributed by atoms with Crippen molar-refractivity contribution in [3.8, 4) is 11.8 Å². The molecule has 1 aromatic rings. The summed E-state index contributed by atoms with van der Waals surface area (Å²) in [6, 6.07) is 9.58. The first-order valence-corrected chi connectivity index (χ1v) is 6.36. The van der Waals surface area contributed by atoms with Gasteiger partial charge in [0, 0.05) is 0 Å². The molecule has 3 unspecified atom stereocenters. The fourth-order valence-electron chi connectivity index (χ4n) is 2.44. The minimum absolute atomic E-state index is 0.315. The molecule has 1 aliphatic carbocycles. The first kappa shape index (κ1) is 12.0. The van der Waals surface area contributed by atoms with E-state index < -0.39 is 0 Å². The average molecular weight is 229 g/mol. The maximum Gasteiger partial charge on any atom is 0.121 e. The SMILES string of the molecule is CC1CCC(Oc2cccc(C#N)c2)CC1C. The Morgan fingerprint density at radius 1 is 1.24 bits per heavy atom. The van der Waals surface area contributed by atoms with Crippen molar-refractivity contribution in [3.63, 3.8) is 0 Å². The molecule has 0 heterocycles. The summed E-state index contributed by atoms with van der Waals surface area (Å²) < 4.78 is 5.97. The van der Waals surface area contributed by atoms with E-state index in [0.29, 0.717) is 11.7 Å². The number of benzene rings is 1. The Hall–Kier alpha value is -1.49. The van der Waals surface area contributed by atoms with Crippen LogP contribution in [0.5, 0.6) is 5.75 Å². The number of ether oxygens (including phenoxy) is 1. The lowest BCUT2D eigenvalue weighted by Gasteiger charge is -2.32. The molecule has 0 radical (unpaired) electrons. The van der Waals surface area contributed by atoms with Crippen molar-refractivity contribution in [2.45, 2.75) is 39.2 Å². The third-order valence-corrected chi connectivity index (χ3v) is 3.82. The number of hydrogen-bond acceptors (Lipinski definition) is 2. The monoisotopic (exact) mass is 229 g/mol. The second-order valence-corrected chi connectivity index (χ2v) is 5.15.